The van der Waals surface area contributed by atoms with E-state index in [0.29, 0.717) is 24.5 Å². The number of carbonyl (C=O) groups is 1. The molecule has 7 heteroatoms. The van der Waals surface area contributed by atoms with Gasteiger partial charge in [0.2, 0.25) is 0 Å². The molecule has 1 unspecified atom stereocenters. The highest BCUT2D eigenvalue weighted by molar-refractivity contribution is 7.10. The molecular formula is C23H27N3O3S. The molecule has 1 atom stereocenters. The van der Waals surface area contributed by atoms with Gasteiger partial charge in [0, 0.05) is 17.0 Å². The maximum Gasteiger partial charge on any atom is 0.251 e. The van der Waals surface area contributed by atoms with E-state index in [2.05, 4.69) is 32.9 Å². The van der Waals surface area contributed by atoms with Crippen molar-refractivity contribution in [3.8, 4) is 5.75 Å². The van der Waals surface area contributed by atoms with Crippen LogP contribution in [0.3, 0.4) is 0 Å². The third-order valence-electron chi connectivity index (χ3n) is 5.57. The van der Waals surface area contributed by atoms with Crippen LogP contribution < -0.4 is 10.1 Å². The Morgan fingerprint density at radius 2 is 2.10 bits per heavy atom. The quantitative estimate of drug-likeness (QED) is 0.576. The second-order valence-electron chi connectivity index (χ2n) is 7.60. The van der Waals surface area contributed by atoms with Crippen molar-refractivity contribution in [3.63, 3.8) is 0 Å². The maximum absolute atomic E-state index is 12.8. The number of nitrogens with zero attached hydrogens (tertiary/aromatic N) is 2. The molecule has 3 heterocycles. The van der Waals surface area contributed by atoms with Crippen LogP contribution in [0.4, 0.5) is 0 Å². The third kappa shape index (κ3) is 4.74. The number of ether oxygens (including phenoxy) is 1. The summed E-state index contributed by atoms with van der Waals surface area (Å²) < 4.78 is 11.1. The van der Waals surface area contributed by atoms with Crippen molar-refractivity contribution in [3.05, 3.63) is 69.2 Å². The highest BCUT2D eigenvalue weighted by atomic mass is 32.1. The molecule has 1 amide bonds. The number of benzene rings is 1. The number of hydrogen-bond donors (Lipinski definition) is 1. The molecule has 2 aromatic heterocycles. The van der Waals surface area contributed by atoms with E-state index in [-0.39, 0.29) is 11.9 Å². The molecule has 1 saturated heterocycles. The molecule has 0 spiro atoms. The number of likely N-dealkylation sites (tertiary alicyclic amines) is 1. The standard InChI is InChI=1S/C23H27N3O3S/c1-16-20(17(2)29-25-16)15-28-19-8-5-7-18(13-19)23(27)24-14-21(22-9-6-12-30-22)26-10-3-4-11-26/h5-9,12-13,21H,3-4,10-11,14-15H2,1-2H3,(H,24,27). The van der Waals surface area contributed by atoms with Crippen molar-refractivity contribution in [2.24, 2.45) is 0 Å². The maximum atomic E-state index is 12.8. The number of aromatic nitrogens is 1. The van der Waals surface area contributed by atoms with E-state index in [9.17, 15) is 4.79 Å². The number of aryl methyl sites for hydroxylation is 2. The van der Waals surface area contributed by atoms with Gasteiger partial charge in [-0.05, 0) is 69.4 Å². The monoisotopic (exact) mass is 425 g/mol. The summed E-state index contributed by atoms with van der Waals surface area (Å²) in [4.78, 5) is 16.6. The molecule has 0 bridgehead atoms. The molecule has 1 fully saturated rings. The molecule has 3 aromatic rings. The van der Waals surface area contributed by atoms with E-state index < -0.39 is 0 Å². The van der Waals surface area contributed by atoms with Gasteiger partial charge in [-0.1, -0.05) is 17.3 Å². The van der Waals surface area contributed by atoms with Crippen molar-refractivity contribution >= 4 is 17.2 Å². The lowest BCUT2D eigenvalue weighted by Gasteiger charge is -2.27. The number of hydrogen-bond acceptors (Lipinski definition) is 6. The van der Waals surface area contributed by atoms with E-state index in [0.717, 1.165) is 30.1 Å². The number of amides is 1. The highest BCUT2D eigenvalue weighted by Gasteiger charge is 2.24. The number of thiophene rings is 1. The summed E-state index contributed by atoms with van der Waals surface area (Å²) in [6, 6.07) is 11.8. The predicted octanol–water partition coefficient (Wildman–Crippen LogP) is 4.50. The third-order valence-corrected chi connectivity index (χ3v) is 6.54. The fourth-order valence-corrected chi connectivity index (χ4v) is 4.69. The Morgan fingerprint density at radius 3 is 2.80 bits per heavy atom. The molecular weight excluding hydrogens is 398 g/mol. The van der Waals surface area contributed by atoms with Crippen molar-refractivity contribution in [2.45, 2.75) is 39.3 Å². The Bertz CT molecular complexity index is 958. The fourth-order valence-electron chi connectivity index (χ4n) is 3.83. The first-order valence-corrected chi connectivity index (χ1v) is 11.2. The SMILES string of the molecule is Cc1noc(C)c1COc1cccc(C(=O)NCC(c2cccs2)N2CCCC2)c1. The summed E-state index contributed by atoms with van der Waals surface area (Å²) in [6.45, 7) is 6.90. The minimum absolute atomic E-state index is 0.0847. The second kappa shape index (κ2) is 9.45. The largest absolute Gasteiger partial charge is 0.489 e. The molecule has 158 valence electrons. The first kappa shape index (κ1) is 20.6. The zero-order valence-electron chi connectivity index (χ0n) is 17.4. The zero-order valence-corrected chi connectivity index (χ0v) is 18.2. The molecule has 1 N–H and O–H groups in total. The summed E-state index contributed by atoms with van der Waals surface area (Å²) in [6.07, 6.45) is 2.45. The Labute approximate surface area is 180 Å². The van der Waals surface area contributed by atoms with Gasteiger partial charge in [0.15, 0.2) is 0 Å². The number of nitrogens with one attached hydrogen (secondary N) is 1. The molecule has 30 heavy (non-hydrogen) atoms. The topological polar surface area (TPSA) is 67.6 Å². The minimum Gasteiger partial charge on any atom is -0.489 e. The summed E-state index contributed by atoms with van der Waals surface area (Å²) >= 11 is 1.75. The molecule has 6 nitrogen and oxygen atoms in total. The van der Waals surface area contributed by atoms with Gasteiger partial charge in [0.05, 0.1) is 17.3 Å². The van der Waals surface area contributed by atoms with Gasteiger partial charge in [-0.25, -0.2) is 0 Å². The first-order chi connectivity index (χ1) is 14.6. The van der Waals surface area contributed by atoms with Crippen molar-refractivity contribution in [2.75, 3.05) is 19.6 Å². The smallest absolute Gasteiger partial charge is 0.251 e. The van der Waals surface area contributed by atoms with E-state index in [1.165, 1.54) is 17.7 Å². The van der Waals surface area contributed by atoms with Crippen molar-refractivity contribution in [1.82, 2.24) is 15.4 Å². The van der Waals surface area contributed by atoms with Crippen LogP contribution >= 0.6 is 11.3 Å². The highest BCUT2D eigenvalue weighted by Crippen LogP contribution is 2.28. The van der Waals surface area contributed by atoms with Crippen molar-refractivity contribution < 1.29 is 14.1 Å². The zero-order chi connectivity index (χ0) is 20.9. The minimum atomic E-state index is -0.0847. The lowest BCUT2D eigenvalue weighted by Crippen LogP contribution is -2.36. The Morgan fingerprint density at radius 1 is 1.27 bits per heavy atom. The lowest BCUT2D eigenvalue weighted by atomic mass is 10.1. The van der Waals surface area contributed by atoms with Gasteiger partial charge in [-0.3, -0.25) is 9.69 Å². The summed E-state index contributed by atoms with van der Waals surface area (Å²) in [5, 5.41) is 9.17. The van der Waals surface area contributed by atoms with Crippen molar-refractivity contribution in [1.29, 1.82) is 0 Å². The Kier molecular flexibility index (Phi) is 6.50. The van der Waals surface area contributed by atoms with Crippen LogP contribution in [0.2, 0.25) is 0 Å². The summed E-state index contributed by atoms with van der Waals surface area (Å²) in [7, 11) is 0. The molecule has 1 aromatic carbocycles. The van der Waals surface area contributed by atoms with Gasteiger partial charge in [-0.2, -0.15) is 0 Å². The molecule has 0 aliphatic carbocycles. The summed E-state index contributed by atoms with van der Waals surface area (Å²) in [5.41, 5.74) is 2.36. The molecule has 4 rings (SSSR count). The van der Waals surface area contributed by atoms with Crippen LogP contribution in [-0.2, 0) is 6.61 Å². The second-order valence-corrected chi connectivity index (χ2v) is 8.58. The Hall–Kier alpha value is -2.64. The lowest BCUT2D eigenvalue weighted by molar-refractivity contribution is 0.0938. The van der Waals surface area contributed by atoms with Gasteiger partial charge >= 0.3 is 0 Å². The van der Waals surface area contributed by atoms with E-state index in [1.807, 2.05) is 32.0 Å². The van der Waals surface area contributed by atoms with Crippen LogP contribution in [0.5, 0.6) is 5.75 Å². The van der Waals surface area contributed by atoms with Crippen LogP contribution in [0.25, 0.3) is 0 Å². The molecule has 0 radical (unpaired) electrons. The van der Waals surface area contributed by atoms with Crippen LogP contribution in [0, 0.1) is 13.8 Å². The van der Waals surface area contributed by atoms with E-state index in [4.69, 9.17) is 9.26 Å². The number of carbonyl (C=O) groups excluding carboxylic acids is 1. The predicted molar refractivity (Wildman–Crippen MR) is 117 cm³/mol. The van der Waals surface area contributed by atoms with Gasteiger partial charge in [-0.15, -0.1) is 11.3 Å². The van der Waals surface area contributed by atoms with Gasteiger partial charge in [0.1, 0.15) is 18.1 Å². The number of rotatable bonds is 8. The molecule has 1 aliphatic heterocycles. The average molecular weight is 426 g/mol. The molecule has 1 aliphatic rings. The summed E-state index contributed by atoms with van der Waals surface area (Å²) in [5.74, 6) is 1.32. The fraction of sp³-hybridized carbons (Fsp3) is 0.391. The molecule has 0 saturated carbocycles. The van der Waals surface area contributed by atoms with Gasteiger partial charge in [0.25, 0.3) is 5.91 Å². The van der Waals surface area contributed by atoms with E-state index in [1.54, 1.807) is 17.4 Å². The van der Waals surface area contributed by atoms with Crippen LogP contribution in [0.1, 0.15) is 51.1 Å². The first-order valence-electron chi connectivity index (χ1n) is 10.3. The van der Waals surface area contributed by atoms with Crippen LogP contribution in [-0.4, -0.2) is 35.6 Å². The normalized spacial score (nSPS) is 15.3. The Balaban J connectivity index is 1.39. The van der Waals surface area contributed by atoms with Crippen LogP contribution in [0.15, 0.2) is 46.3 Å². The van der Waals surface area contributed by atoms with Gasteiger partial charge < -0.3 is 14.6 Å². The average Bonchev–Trinajstić information content (AvgIpc) is 3.52. The van der Waals surface area contributed by atoms with E-state index >= 15 is 0 Å².